The molecule has 4 atom stereocenters. The molecule has 0 saturated carbocycles. The van der Waals surface area contributed by atoms with Gasteiger partial charge < -0.3 is 25.6 Å². The minimum absolute atomic E-state index is 0.0381. The Bertz CT molecular complexity index is 430. The van der Waals surface area contributed by atoms with Crippen LogP contribution in [-0.2, 0) is 9.47 Å². The van der Waals surface area contributed by atoms with E-state index in [0.29, 0.717) is 25.3 Å². The van der Waals surface area contributed by atoms with E-state index in [1.807, 2.05) is 6.08 Å². The Kier molecular flexibility index (Phi) is 4.29. The number of hydrogen-bond donors (Lipinski definition) is 4. The minimum Gasteiger partial charge on any atom is -0.444 e. The van der Waals surface area contributed by atoms with Crippen LogP contribution in [0.15, 0.2) is 11.9 Å². The summed E-state index contributed by atoms with van der Waals surface area (Å²) in [6.07, 6.45) is 2.85. The van der Waals surface area contributed by atoms with Crippen LogP contribution in [0.4, 0.5) is 4.79 Å². The van der Waals surface area contributed by atoms with Crippen molar-refractivity contribution < 1.29 is 19.4 Å². The molecule has 0 bridgehead atoms. The number of ether oxygens (including phenoxy) is 2. The molecule has 1 amide bonds. The molecule has 0 aromatic heterocycles. The zero-order valence-electron chi connectivity index (χ0n) is 11.8. The molecule has 2 saturated heterocycles. The first kappa shape index (κ1) is 14.6. The molecule has 3 heterocycles. The summed E-state index contributed by atoms with van der Waals surface area (Å²) in [5.74, 6) is 0.710. The number of carbonyl (C=O) groups excluding carboxylic acids is 1. The average Bonchev–Trinajstić information content (AvgIpc) is 2.85. The molecule has 8 heteroatoms. The van der Waals surface area contributed by atoms with Crippen LogP contribution in [-0.4, -0.2) is 60.4 Å². The Labute approximate surface area is 123 Å². The second-order valence-corrected chi connectivity index (χ2v) is 5.55. The van der Waals surface area contributed by atoms with Gasteiger partial charge in [-0.2, -0.15) is 0 Å². The quantitative estimate of drug-likeness (QED) is 0.528. The SMILES string of the molecule is NCCCC1CN(C2=CC[C@H]3OC[C@@H](O)N[C@H]3N2)C(=O)O1. The molecule has 0 aliphatic carbocycles. The lowest BCUT2D eigenvalue weighted by molar-refractivity contribution is -0.0953. The molecule has 8 nitrogen and oxygen atoms in total. The second-order valence-electron chi connectivity index (χ2n) is 5.55. The number of carbonyl (C=O) groups is 1. The first-order valence-corrected chi connectivity index (χ1v) is 7.38. The molecule has 3 aliphatic rings. The number of aliphatic hydroxyl groups excluding tert-OH is 1. The largest absolute Gasteiger partial charge is 0.444 e. The van der Waals surface area contributed by atoms with Gasteiger partial charge in [-0.05, 0) is 31.9 Å². The highest BCUT2D eigenvalue weighted by Gasteiger charge is 2.38. The van der Waals surface area contributed by atoms with Gasteiger partial charge >= 0.3 is 6.09 Å². The summed E-state index contributed by atoms with van der Waals surface area (Å²) >= 11 is 0. The van der Waals surface area contributed by atoms with Gasteiger partial charge in [0.1, 0.15) is 24.3 Å². The summed E-state index contributed by atoms with van der Waals surface area (Å²) in [5, 5.41) is 15.8. The number of aliphatic hydroxyl groups is 1. The van der Waals surface area contributed by atoms with Crippen molar-refractivity contribution in [3.63, 3.8) is 0 Å². The fraction of sp³-hybridized carbons (Fsp3) is 0.769. The molecular weight excluding hydrogens is 276 g/mol. The Morgan fingerprint density at radius 3 is 3.19 bits per heavy atom. The molecule has 3 aliphatic heterocycles. The highest BCUT2D eigenvalue weighted by Crippen LogP contribution is 2.24. The zero-order chi connectivity index (χ0) is 14.8. The smallest absolute Gasteiger partial charge is 0.415 e. The minimum atomic E-state index is -0.694. The van der Waals surface area contributed by atoms with Crippen molar-refractivity contribution in [3.05, 3.63) is 11.9 Å². The van der Waals surface area contributed by atoms with Gasteiger partial charge in [-0.3, -0.25) is 10.2 Å². The van der Waals surface area contributed by atoms with Gasteiger partial charge in [0, 0.05) is 0 Å². The van der Waals surface area contributed by atoms with Crippen LogP contribution in [0.1, 0.15) is 19.3 Å². The number of nitrogens with zero attached hydrogens (tertiary/aromatic N) is 1. The first-order valence-electron chi connectivity index (χ1n) is 7.38. The van der Waals surface area contributed by atoms with Gasteiger partial charge in [0.25, 0.3) is 0 Å². The summed E-state index contributed by atoms with van der Waals surface area (Å²) < 4.78 is 10.9. The topological polar surface area (TPSA) is 109 Å². The van der Waals surface area contributed by atoms with Gasteiger partial charge in [-0.15, -0.1) is 0 Å². The van der Waals surface area contributed by atoms with Crippen LogP contribution in [0.25, 0.3) is 0 Å². The molecular formula is C13H22N4O4. The Morgan fingerprint density at radius 1 is 1.52 bits per heavy atom. The van der Waals surface area contributed by atoms with E-state index in [0.717, 1.165) is 12.8 Å². The zero-order valence-corrected chi connectivity index (χ0v) is 11.8. The second kappa shape index (κ2) is 6.18. The Hall–Kier alpha value is -1.35. The fourth-order valence-corrected chi connectivity index (χ4v) is 2.86. The van der Waals surface area contributed by atoms with E-state index in [4.69, 9.17) is 15.2 Å². The molecule has 0 aromatic carbocycles. The normalized spacial score (nSPS) is 35.8. The third kappa shape index (κ3) is 3.13. The summed E-state index contributed by atoms with van der Waals surface area (Å²) in [6.45, 7) is 1.40. The van der Waals surface area contributed by atoms with Crippen molar-refractivity contribution in [3.8, 4) is 0 Å². The van der Waals surface area contributed by atoms with Crippen molar-refractivity contribution in [2.24, 2.45) is 5.73 Å². The predicted molar refractivity (Wildman–Crippen MR) is 73.8 cm³/mol. The van der Waals surface area contributed by atoms with Gasteiger partial charge in [0.2, 0.25) is 0 Å². The Morgan fingerprint density at radius 2 is 2.38 bits per heavy atom. The molecule has 118 valence electrons. The maximum absolute atomic E-state index is 12.0. The van der Waals surface area contributed by atoms with E-state index in [1.165, 1.54) is 0 Å². The number of rotatable bonds is 4. The monoisotopic (exact) mass is 298 g/mol. The van der Waals surface area contributed by atoms with E-state index >= 15 is 0 Å². The molecule has 0 spiro atoms. The first-order chi connectivity index (χ1) is 10.2. The average molecular weight is 298 g/mol. The number of hydrogen-bond acceptors (Lipinski definition) is 7. The van der Waals surface area contributed by atoms with E-state index in [1.54, 1.807) is 4.90 Å². The molecule has 3 rings (SSSR count). The summed E-state index contributed by atoms with van der Waals surface area (Å²) in [4.78, 5) is 13.6. The summed E-state index contributed by atoms with van der Waals surface area (Å²) in [5.41, 5.74) is 5.48. The van der Waals surface area contributed by atoms with Gasteiger partial charge in [0.15, 0.2) is 0 Å². The predicted octanol–water partition coefficient (Wildman–Crippen LogP) is -0.986. The van der Waals surface area contributed by atoms with Crippen LogP contribution in [0.3, 0.4) is 0 Å². The van der Waals surface area contributed by atoms with Crippen molar-refractivity contribution in [2.45, 2.75) is 43.9 Å². The number of fused-ring (bicyclic) bond motifs is 1. The third-order valence-corrected chi connectivity index (χ3v) is 3.95. The maximum Gasteiger partial charge on any atom is 0.415 e. The molecule has 21 heavy (non-hydrogen) atoms. The number of amides is 1. The van der Waals surface area contributed by atoms with E-state index in [-0.39, 0.29) is 31.1 Å². The lowest BCUT2D eigenvalue weighted by atomic mass is 10.1. The van der Waals surface area contributed by atoms with E-state index in [9.17, 15) is 9.90 Å². The fourth-order valence-electron chi connectivity index (χ4n) is 2.86. The van der Waals surface area contributed by atoms with Crippen molar-refractivity contribution in [2.75, 3.05) is 19.7 Å². The molecule has 0 aromatic rings. The third-order valence-electron chi connectivity index (χ3n) is 3.95. The van der Waals surface area contributed by atoms with Crippen molar-refractivity contribution in [1.82, 2.24) is 15.5 Å². The maximum atomic E-state index is 12.0. The number of nitrogens with one attached hydrogen (secondary N) is 2. The van der Waals surface area contributed by atoms with Gasteiger partial charge in [0.05, 0.1) is 19.3 Å². The van der Waals surface area contributed by atoms with Crippen LogP contribution in [0.5, 0.6) is 0 Å². The van der Waals surface area contributed by atoms with E-state index < -0.39 is 6.23 Å². The number of morpholine rings is 1. The molecule has 0 radical (unpaired) electrons. The molecule has 5 N–H and O–H groups in total. The van der Waals surface area contributed by atoms with Crippen LogP contribution >= 0.6 is 0 Å². The van der Waals surface area contributed by atoms with Crippen LogP contribution in [0, 0.1) is 0 Å². The standard InChI is InChI=1S/C13H22N4O4/c14-5-1-2-8-6-17(13(19)21-8)10-4-3-9-12(15-10)16-11(18)7-20-9/h4,8-9,11-12,15-16,18H,1-3,5-7,14H2/t8?,9-,11-,12-/m1/s1. The van der Waals surface area contributed by atoms with Crippen molar-refractivity contribution >= 4 is 6.09 Å². The Balaban J connectivity index is 1.62. The highest BCUT2D eigenvalue weighted by molar-refractivity contribution is 5.72. The summed E-state index contributed by atoms with van der Waals surface area (Å²) in [6, 6.07) is 0. The van der Waals surface area contributed by atoms with E-state index in [2.05, 4.69) is 10.6 Å². The molecule has 2 fully saturated rings. The lowest BCUT2D eigenvalue weighted by Crippen LogP contribution is -2.62. The number of nitrogens with two attached hydrogens (primary N) is 1. The van der Waals surface area contributed by atoms with Crippen LogP contribution in [0.2, 0.25) is 0 Å². The van der Waals surface area contributed by atoms with Crippen molar-refractivity contribution in [1.29, 1.82) is 0 Å². The van der Waals surface area contributed by atoms with Crippen LogP contribution < -0.4 is 16.4 Å². The summed E-state index contributed by atoms with van der Waals surface area (Å²) in [7, 11) is 0. The van der Waals surface area contributed by atoms with Gasteiger partial charge in [-0.1, -0.05) is 0 Å². The number of cyclic esters (lactones) is 1. The lowest BCUT2D eigenvalue weighted by Gasteiger charge is -2.40. The highest BCUT2D eigenvalue weighted by atomic mass is 16.6. The van der Waals surface area contributed by atoms with Gasteiger partial charge in [-0.25, -0.2) is 4.79 Å². The molecule has 1 unspecified atom stereocenters.